The number of ether oxygens (including phenoxy) is 1. The number of primary amides is 1. The fourth-order valence-electron chi connectivity index (χ4n) is 1.85. The first-order valence-corrected chi connectivity index (χ1v) is 6.98. The Morgan fingerprint density at radius 2 is 1.90 bits per heavy atom. The maximum atomic E-state index is 11.5. The molecule has 0 aliphatic carbocycles. The topological polar surface area (TPSA) is 126 Å². The van der Waals surface area contributed by atoms with Crippen LogP contribution in [0.2, 0.25) is 0 Å². The third kappa shape index (κ3) is 2.38. The largest absolute Gasteiger partial charge is 0.496 e. The SMILES string of the molecule is COc1ccccc1-c1coc(S(N)(=O)=O)c1C(N)=O. The number of primary sulfonamides is 1. The van der Waals surface area contributed by atoms with Crippen molar-refractivity contribution in [2.45, 2.75) is 5.09 Å². The second-order valence-electron chi connectivity index (χ2n) is 3.92. The first kappa shape index (κ1) is 14.1. The van der Waals surface area contributed by atoms with Crippen molar-refractivity contribution in [3.63, 3.8) is 0 Å². The number of sulfonamides is 1. The van der Waals surface area contributed by atoms with Crippen LogP contribution in [0.15, 0.2) is 40.0 Å². The first-order valence-electron chi connectivity index (χ1n) is 5.43. The van der Waals surface area contributed by atoms with Crippen molar-refractivity contribution in [2.75, 3.05) is 7.11 Å². The molecule has 106 valence electrons. The van der Waals surface area contributed by atoms with E-state index in [1.807, 2.05) is 0 Å². The van der Waals surface area contributed by atoms with Crippen LogP contribution >= 0.6 is 0 Å². The van der Waals surface area contributed by atoms with E-state index in [9.17, 15) is 13.2 Å². The molecule has 0 aliphatic heterocycles. The summed E-state index contributed by atoms with van der Waals surface area (Å²) >= 11 is 0. The van der Waals surface area contributed by atoms with Gasteiger partial charge >= 0.3 is 0 Å². The standard InChI is InChI=1S/C12H12N2O5S/c1-18-9-5-3-2-4-7(9)8-6-19-12(20(14,16)17)10(8)11(13)15/h2-6H,1H3,(H2,13,15)(H2,14,16,17). The second kappa shape index (κ2) is 4.99. The normalized spacial score (nSPS) is 11.3. The number of para-hydroxylation sites is 1. The lowest BCUT2D eigenvalue weighted by atomic mass is 10.0. The molecule has 0 atom stereocenters. The van der Waals surface area contributed by atoms with Gasteiger partial charge in [0.1, 0.15) is 17.6 Å². The summed E-state index contributed by atoms with van der Waals surface area (Å²) in [5.41, 5.74) is 5.61. The Morgan fingerprint density at radius 3 is 2.45 bits per heavy atom. The molecule has 2 aromatic rings. The molecule has 20 heavy (non-hydrogen) atoms. The van der Waals surface area contributed by atoms with Crippen LogP contribution in [-0.2, 0) is 10.0 Å². The minimum Gasteiger partial charge on any atom is -0.496 e. The molecule has 1 aromatic carbocycles. The van der Waals surface area contributed by atoms with E-state index in [0.29, 0.717) is 11.3 Å². The molecule has 4 N–H and O–H groups in total. The lowest BCUT2D eigenvalue weighted by Crippen LogP contribution is -2.19. The smallest absolute Gasteiger partial charge is 0.272 e. The number of amides is 1. The summed E-state index contributed by atoms with van der Waals surface area (Å²) in [5, 5.41) is 4.34. The van der Waals surface area contributed by atoms with Gasteiger partial charge in [0.05, 0.1) is 7.11 Å². The lowest BCUT2D eigenvalue weighted by molar-refractivity contribution is 0.0995. The van der Waals surface area contributed by atoms with Crippen molar-refractivity contribution in [2.24, 2.45) is 10.9 Å². The van der Waals surface area contributed by atoms with Gasteiger partial charge in [0.15, 0.2) is 0 Å². The van der Waals surface area contributed by atoms with E-state index in [0.717, 1.165) is 6.26 Å². The van der Waals surface area contributed by atoms with Gasteiger partial charge in [0, 0.05) is 11.1 Å². The number of carbonyl (C=O) groups excluding carboxylic acids is 1. The maximum Gasteiger partial charge on any atom is 0.272 e. The highest BCUT2D eigenvalue weighted by Gasteiger charge is 2.28. The minimum absolute atomic E-state index is 0.207. The fourth-order valence-corrected chi connectivity index (χ4v) is 2.53. The summed E-state index contributed by atoms with van der Waals surface area (Å²) in [6.07, 6.45) is 1.11. The molecule has 0 radical (unpaired) electrons. The zero-order valence-corrected chi connectivity index (χ0v) is 11.3. The third-order valence-electron chi connectivity index (χ3n) is 2.66. The van der Waals surface area contributed by atoms with Gasteiger partial charge in [-0.25, -0.2) is 13.6 Å². The van der Waals surface area contributed by atoms with Crippen LogP contribution in [-0.4, -0.2) is 21.4 Å². The maximum absolute atomic E-state index is 11.5. The van der Waals surface area contributed by atoms with Gasteiger partial charge in [-0.3, -0.25) is 4.79 Å². The third-order valence-corrected chi connectivity index (χ3v) is 3.48. The molecule has 0 aliphatic rings. The van der Waals surface area contributed by atoms with Crippen molar-refractivity contribution in [1.82, 2.24) is 0 Å². The van der Waals surface area contributed by atoms with Gasteiger partial charge in [0.25, 0.3) is 15.9 Å². The Bertz CT molecular complexity index is 764. The van der Waals surface area contributed by atoms with Crippen LogP contribution in [0.25, 0.3) is 11.1 Å². The Balaban J connectivity index is 2.76. The Morgan fingerprint density at radius 1 is 1.25 bits per heavy atom. The van der Waals surface area contributed by atoms with Gasteiger partial charge in [-0.05, 0) is 6.07 Å². The van der Waals surface area contributed by atoms with Gasteiger partial charge in [-0.15, -0.1) is 0 Å². The van der Waals surface area contributed by atoms with Gasteiger partial charge in [0.2, 0.25) is 5.09 Å². The van der Waals surface area contributed by atoms with Crippen molar-refractivity contribution >= 4 is 15.9 Å². The zero-order valence-electron chi connectivity index (χ0n) is 10.5. The van der Waals surface area contributed by atoms with E-state index in [1.54, 1.807) is 24.3 Å². The zero-order chi connectivity index (χ0) is 14.9. The van der Waals surface area contributed by atoms with Crippen LogP contribution in [0.5, 0.6) is 5.75 Å². The molecule has 2 rings (SSSR count). The Kier molecular flexibility index (Phi) is 3.51. The summed E-state index contributed by atoms with van der Waals surface area (Å²) in [5.74, 6) is -0.513. The second-order valence-corrected chi connectivity index (χ2v) is 5.38. The average Bonchev–Trinajstić information content (AvgIpc) is 2.83. The van der Waals surface area contributed by atoms with Crippen LogP contribution < -0.4 is 15.6 Å². The van der Waals surface area contributed by atoms with Crippen LogP contribution in [0, 0.1) is 0 Å². The Labute approximate surface area is 115 Å². The molecule has 0 bridgehead atoms. The first-order chi connectivity index (χ1) is 9.36. The van der Waals surface area contributed by atoms with E-state index in [4.69, 9.17) is 20.0 Å². The number of methoxy groups -OCH3 is 1. The molecule has 1 heterocycles. The monoisotopic (exact) mass is 296 g/mol. The molecular weight excluding hydrogens is 284 g/mol. The number of benzene rings is 1. The van der Waals surface area contributed by atoms with Gasteiger partial charge in [-0.2, -0.15) is 0 Å². The summed E-state index contributed by atoms with van der Waals surface area (Å²) in [7, 11) is -2.75. The number of nitrogens with two attached hydrogens (primary N) is 2. The average molecular weight is 296 g/mol. The minimum atomic E-state index is -4.19. The van der Waals surface area contributed by atoms with E-state index >= 15 is 0 Å². The van der Waals surface area contributed by atoms with Crippen molar-refractivity contribution in [3.05, 3.63) is 36.1 Å². The molecule has 1 amide bonds. The summed E-state index contributed by atoms with van der Waals surface area (Å²) in [6.45, 7) is 0. The predicted molar refractivity (Wildman–Crippen MR) is 70.6 cm³/mol. The van der Waals surface area contributed by atoms with E-state index < -0.39 is 21.0 Å². The van der Waals surface area contributed by atoms with Crippen molar-refractivity contribution in [1.29, 1.82) is 0 Å². The number of furan rings is 1. The van der Waals surface area contributed by atoms with E-state index in [-0.39, 0.29) is 11.1 Å². The molecule has 0 saturated carbocycles. The molecule has 1 aromatic heterocycles. The Hall–Kier alpha value is -2.32. The van der Waals surface area contributed by atoms with Crippen molar-refractivity contribution < 1.29 is 22.4 Å². The molecule has 0 spiro atoms. The molecule has 7 nitrogen and oxygen atoms in total. The van der Waals surface area contributed by atoms with Gasteiger partial charge < -0.3 is 14.9 Å². The van der Waals surface area contributed by atoms with Crippen LogP contribution in [0.1, 0.15) is 10.4 Å². The lowest BCUT2D eigenvalue weighted by Gasteiger charge is -2.07. The number of rotatable bonds is 4. The molecule has 0 saturated heterocycles. The summed E-state index contributed by atoms with van der Waals surface area (Å²) < 4.78 is 32.9. The molecule has 0 fully saturated rings. The summed E-state index contributed by atoms with van der Waals surface area (Å²) in [4.78, 5) is 11.5. The van der Waals surface area contributed by atoms with E-state index in [2.05, 4.69) is 0 Å². The number of hydrogen-bond acceptors (Lipinski definition) is 5. The predicted octanol–water partition coefficient (Wildman–Crippen LogP) is 0.702. The molecule has 8 heteroatoms. The fraction of sp³-hybridized carbons (Fsp3) is 0.0833. The highest BCUT2D eigenvalue weighted by molar-refractivity contribution is 7.89. The molecular formula is C12H12N2O5S. The molecule has 0 unspecified atom stereocenters. The number of carbonyl (C=O) groups is 1. The van der Waals surface area contributed by atoms with E-state index in [1.165, 1.54) is 7.11 Å². The van der Waals surface area contributed by atoms with Crippen LogP contribution in [0.3, 0.4) is 0 Å². The van der Waals surface area contributed by atoms with Gasteiger partial charge in [-0.1, -0.05) is 18.2 Å². The quantitative estimate of drug-likeness (QED) is 0.859. The summed E-state index contributed by atoms with van der Waals surface area (Å²) in [6, 6.07) is 6.73. The number of hydrogen-bond donors (Lipinski definition) is 2. The highest BCUT2D eigenvalue weighted by Crippen LogP contribution is 2.35. The highest BCUT2D eigenvalue weighted by atomic mass is 32.2. The van der Waals surface area contributed by atoms with Crippen LogP contribution in [0.4, 0.5) is 0 Å². The van der Waals surface area contributed by atoms with Crippen molar-refractivity contribution in [3.8, 4) is 16.9 Å².